The first-order valence-corrected chi connectivity index (χ1v) is 5.15. The molecule has 0 unspecified atom stereocenters. The Labute approximate surface area is 106 Å². The van der Waals surface area contributed by atoms with Crippen LogP contribution in [0.15, 0.2) is 54.6 Å². The van der Waals surface area contributed by atoms with Gasteiger partial charge in [-0.1, -0.05) is 24.3 Å². The summed E-state index contributed by atoms with van der Waals surface area (Å²) in [6.07, 6.45) is 0. The van der Waals surface area contributed by atoms with E-state index < -0.39 is 0 Å². The molecule has 0 fully saturated rings. The fourth-order valence-corrected chi connectivity index (χ4v) is 1.17. The second-order valence-corrected chi connectivity index (χ2v) is 3.28. The van der Waals surface area contributed by atoms with Gasteiger partial charge in [0.2, 0.25) is 0 Å². The van der Waals surface area contributed by atoms with Crippen molar-refractivity contribution in [3.63, 3.8) is 0 Å². The molecule has 3 nitrogen and oxygen atoms in total. The van der Waals surface area contributed by atoms with Gasteiger partial charge in [0.15, 0.2) is 0 Å². The Hall–Kier alpha value is -3.09. The molecule has 0 saturated heterocycles. The van der Waals surface area contributed by atoms with Gasteiger partial charge in [-0.2, -0.15) is 15.8 Å². The van der Waals surface area contributed by atoms with Gasteiger partial charge in [-0.15, -0.1) is 0 Å². The highest BCUT2D eigenvalue weighted by Crippen LogP contribution is 2.01. The third-order valence-electron chi connectivity index (χ3n) is 2.02. The summed E-state index contributed by atoms with van der Waals surface area (Å²) in [5, 5.41) is 25.1. The van der Waals surface area contributed by atoms with Crippen molar-refractivity contribution in [2.45, 2.75) is 0 Å². The Balaban J connectivity index is 0.000000184. The summed E-state index contributed by atoms with van der Waals surface area (Å²) in [6, 6.07) is 21.6. The molecule has 3 heteroatoms. The van der Waals surface area contributed by atoms with Gasteiger partial charge in [0, 0.05) is 0 Å². The van der Waals surface area contributed by atoms with Crippen LogP contribution in [0.25, 0.3) is 0 Å². The van der Waals surface area contributed by atoms with E-state index in [9.17, 15) is 0 Å². The van der Waals surface area contributed by atoms with Gasteiger partial charge in [0.1, 0.15) is 0 Å². The number of hydrogen-bond donors (Lipinski definition) is 0. The zero-order valence-electron chi connectivity index (χ0n) is 9.54. The van der Waals surface area contributed by atoms with Gasteiger partial charge in [0.05, 0.1) is 34.9 Å². The van der Waals surface area contributed by atoms with E-state index in [1.165, 1.54) is 0 Å². The van der Waals surface area contributed by atoms with E-state index in [-0.39, 0.29) is 0 Å². The summed E-state index contributed by atoms with van der Waals surface area (Å²) in [5.41, 5.74) is 1.77. The Kier molecular flexibility index (Phi) is 5.21. The molecule has 0 bridgehead atoms. The molecule has 0 N–H and O–H groups in total. The average Bonchev–Trinajstić information content (AvgIpc) is 2.48. The zero-order valence-corrected chi connectivity index (χ0v) is 9.54. The molecule has 0 aliphatic carbocycles. The van der Waals surface area contributed by atoms with Crippen LogP contribution in [0.1, 0.15) is 16.7 Å². The fourth-order valence-electron chi connectivity index (χ4n) is 1.17. The summed E-state index contributed by atoms with van der Waals surface area (Å²) in [7, 11) is 0. The quantitative estimate of drug-likeness (QED) is 0.699. The van der Waals surface area contributed by atoms with Crippen molar-refractivity contribution in [2.24, 2.45) is 0 Å². The highest BCUT2D eigenvalue weighted by atomic mass is 14.2. The minimum absolute atomic E-state index is 0.527. The first-order chi connectivity index (χ1) is 8.80. The molecule has 2 aromatic rings. The van der Waals surface area contributed by atoms with E-state index in [2.05, 4.69) is 0 Å². The van der Waals surface area contributed by atoms with E-state index >= 15 is 0 Å². The van der Waals surface area contributed by atoms with Crippen molar-refractivity contribution in [1.82, 2.24) is 0 Å². The summed E-state index contributed by atoms with van der Waals surface area (Å²) in [6.45, 7) is 0. The number of nitrogens with zero attached hydrogens (tertiary/aromatic N) is 3. The first kappa shape index (κ1) is 13.0. The molecule has 2 rings (SSSR count). The van der Waals surface area contributed by atoms with Gasteiger partial charge in [-0.05, 0) is 30.3 Å². The van der Waals surface area contributed by atoms with E-state index in [1.54, 1.807) is 36.4 Å². The van der Waals surface area contributed by atoms with Crippen LogP contribution in [0, 0.1) is 34.0 Å². The smallest absolute Gasteiger partial charge is 0.0992 e. The average molecular weight is 231 g/mol. The van der Waals surface area contributed by atoms with E-state index in [1.807, 2.05) is 36.4 Å². The predicted molar refractivity (Wildman–Crippen MR) is 67.0 cm³/mol. The van der Waals surface area contributed by atoms with Crippen molar-refractivity contribution >= 4 is 0 Å². The molecule has 0 aromatic heterocycles. The lowest BCUT2D eigenvalue weighted by Crippen LogP contribution is -1.75. The third-order valence-corrected chi connectivity index (χ3v) is 2.02. The topological polar surface area (TPSA) is 71.4 Å². The van der Waals surface area contributed by atoms with Crippen LogP contribution in [0.2, 0.25) is 0 Å². The van der Waals surface area contributed by atoms with Gasteiger partial charge in [-0.25, -0.2) is 0 Å². The molecule has 0 aliphatic rings. The van der Waals surface area contributed by atoms with Crippen LogP contribution in [-0.4, -0.2) is 0 Å². The summed E-state index contributed by atoms with van der Waals surface area (Å²) >= 11 is 0. The van der Waals surface area contributed by atoms with Crippen LogP contribution in [0.5, 0.6) is 0 Å². The van der Waals surface area contributed by atoms with Crippen LogP contribution in [-0.2, 0) is 0 Å². The Morgan fingerprint density at radius 1 is 0.556 bits per heavy atom. The van der Waals surface area contributed by atoms with Crippen LogP contribution < -0.4 is 0 Å². The molecule has 0 saturated carbocycles. The molecule has 0 aliphatic heterocycles. The maximum atomic E-state index is 8.40. The Morgan fingerprint density at radius 3 is 1.39 bits per heavy atom. The summed E-state index contributed by atoms with van der Waals surface area (Å²) in [5.74, 6) is 0. The van der Waals surface area contributed by atoms with Crippen molar-refractivity contribution < 1.29 is 0 Å². The van der Waals surface area contributed by atoms with Gasteiger partial charge < -0.3 is 0 Å². The molecule has 18 heavy (non-hydrogen) atoms. The number of nitriles is 3. The monoisotopic (exact) mass is 231 g/mol. The zero-order chi connectivity index (χ0) is 13.2. The second kappa shape index (κ2) is 7.23. The molecular weight excluding hydrogens is 222 g/mol. The van der Waals surface area contributed by atoms with Crippen LogP contribution in [0.4, 0.5) is 0 Å². The van der Waals surface area contributed by atoms with Gasteiger partial charge in [0.25, 0.3) is 0 Å². The lowest BCUT2D eigenvalue weighted by atomic mass is 10.2. The molecule has 0 heterocycles. The van der Waals surface area contributed by atoms with Crippen molar-refractivity contribution in [2.75, 3.05) is 0 Å². The maximum absolute atomic E-state index is 8.40. The molecule has 0 amide bonds. The van der Waals surface area contributed by atoms with E-state index in [0.29, 0.717) is 16.7 Å². The summed E-state index contributed by atoms with van der Waals surface area (Å²) < 4.78 is 0. The van der Waals surface area contributed by atoms with Crippen molar-refractivity contribution in [3.05, 3.63) is 71.3 Å². The highest BCUT2D eigenvalue weighted by molar-refractivity contribution is 5.38. The normalized spacial score (nSPS) is 7.83. The second-order valence-electron chi connectivity index (χ2n) is 3.28. The lowest BCUT2D eigenvalue weighted by molar-refractivity contribution is 1.45. The molecule has 0 spiro atoms. The third kappa shape index (κ3) is 4.19. The largest absolute Gasteiger partial charge is 0.192 e. The van der Waals surface area contributed by atoms with Gasteiger partial charge in [-0.3, -0.25) is 0 Å². The first-order valence-electron chi connectivity index (χ1n) is 5.15. The fraction of sp³-hybridized carbons (Fsp3) is 0. The Bertz CT molecular complexity index is 596. The number of rotatable bonds is 0. The lowest BCUT2D eigenvalue weighted by Gasteiger charge is -1.86. The molecule has 0 atom stereocenters. The number of benzene rings is 2. The molecule has 2 aromatic carbocycles. The predicted octanol–water partition coefficient (Wildman–Crippen LogP) is 2.99. The maximum Gasteiger partial charge on any atom is 0.0992 e. The molecule has 84 valence electrons. The van der Waals surface area contributed by atoms with Crippen LogP contribution >= 0.6 is 0 Å². The SMILES string of the molecule is N#Cc1cccc(C#N)c1.N#Cc1ccccc1. The van der Waals surface area contributed by atoms with Crippen LogP contribution in [0.3, 0.4) is 0 Å². The minimum atomic E-state index is 0.527. The molecular formula is C15H9N3. The van der Waals surface area contributed by atoms with Gasteiger partial charge >= 0.3 is 0 Å². The number of hydrogen-bond acceptors (Lipinski definition) is 3. The van der Waals surface area contributed by atoms with Crippen molar-refractivity contribution in [1.29, 1.82) is 15.8 Å². The minimum Gasteiger partial charge on any atom is -0.192 e. The summed E-state index contributed by atoms with van der Waals surface area (Å²) in [4.78, 5) is 0. The van der Waals surface area contributed by atoms with Crippen molar-refractivity contribution in [3.8, 4) is 18.2 Å². The standard InChI is InChI=1S/C8H4N2.C7H5N/c9-5-7-2-1-3-8(4-7)6-10;8-6-7-4-2-1-3-5-7/h1-4H;1-5H. The molecule has 0 radical (unpaired) electrons. The highest BCUT2D eigenvalue weighted by Gasteiger charge is 1.90. The van der Waals surface area contributed by atoms with E-state index in [0.717, 1.165) is 0 Å². The van der Waals surface area contributed by atoms with E-state index in [4.69, 9.17) is 15.8 Å². The Morgan fingerprint density at radius 2 is 1.00 bits per heavy atom.